The number of carbonyl (C=O) groups is 2. The van der Waals surface area contributed by atoms with E-state index in [1.807, 2.05) is 30.1 Å². The maximum absolute atomic E-state index is 13.8. The Hall–Kier alpha value is -3.98. The molecule has 0 spiro atoms. The molecule has 1 aliphatic heterocycles. The van der Waals surface area contributed by atoms with Crippen molar-refractivity contribution < 1.29 is 24.4 Å². The summed E-state index contributed by atoms with van der Waals surface area (Å²) in [5, 5.41) is 22.0. The molecule has 1 atom stereocenters. The maximum Gasteiger partial charge on any atom is 0.336 e. The van der Waals surface area contributed by atoms with E-state index in [0.717, 1.165) is 37.8 Å². The number of nitro benzene ring substituents is 1. The number of ether oxygens (including phenoxy) is 1. The summed E-state index contributed by atoms with van der Waals surface area (Å²) in [7, 11) is 2.00. The Balaban J connectivity index is 1.86. The molecule has 0 saturated carbocycles. The summed E-state index contributed by atoms with van der Waals surface area (Å²) < 4.78 is 5.76. The van der Waals surface area contributed by atoms with Gasteiger partial charge in [0.1, 0.15) is 0 Å². The normalized spacial score (nSPS) is 15.2. The lowest BCUT2D eigenvalue weighted by atomic mass is 9.79. The molecule has 1 N–H and O–H groups in total. The number of benzene rings is 2. The number of likely N-dealkylation sites (N-methyl/N-ethyl adjacent to an activating group) is 1. The van der Waals surface area contributed by atoms with Crippen LogP contribution in [0, 0.1) is 10.1 Å². The van der Waals surface area contributed by atoms with Gasteiger partial charge in [-0.1, -0.05) is 94.3 Å². The number of nitro groups is 1. The summed E-state index contributed by atoms with van der Waals surface area (Å²) >= 11 is 0. The van der Waals surface area contributed by atoms with Crippen LogP contribution in [0.1, 0.15) is 89.2 Å². The highest BCUT2D eigenvalue weighted by Crippen LogP contribution is 2.43. The molecular weight excluding hydrogens is 558 g/mol. The van der Waals surface area contributed by atoms with Gasteiger partial charge in [-0.2, -0.15) is 0 Å². The Morgan fingerprint density at radius 3 is 2.20 bits per heavy atom. The summed E-state index contributed by atoms with van der Waals surface area (Å²) in [5.74, 6) is -2.77. The smallest absolute Gasteiger partial charge is 0.336 e. The fourth-order valence-corrected chi connectivity index (χ4v) is 5.86. The van der Waals surface area contributed by atoms with Crippen LogP contribution in [0.15, 0.2) is 77.1 Å². The Morgan fingerprint density at radius 1 is 0.932 bits per heavy atom. The van der Waals surface area contributed by atoms with Crippen molar-refractivity contribution >= 4 is 17.6 Å². The van der Waals surface area contributed by atoms with E-state index in [1.165, 1.54) is 43.9 Å². The van der Waals surface area contributed by atoms with Gasteiger partial charge in [0.25, 0.3) is 5.69 Å². The molecule has 0 radical (unpaired) electrons. The molecule has 1 aliphatic rings. The molecule has 2 aromatic carbocycles. The van der Waals surface area contributed by atoms with E-state index in [2.05, 4.69) is 24.0 Å². The number of non-ortho nitro benzene ring substituents is 1. The molecule has 9 heteroatoms. The van der Waals surface area contributed by atoms with Crippen molar-refractivity contribution in [2.75, 3.05) is 26.7 Å². The second-order valence-electron chi connectivity index (χ2n) is 11.6. The summed E-state index contributed by atoms with van der Waals surface area (Å²) in [4.78, 5) is 41.6. The van der Waals surface area contributed by atoms with E-state index in [0.29, 0.717) is 30.0 Å². The topological polar surface area (TPSA) is 113 Å². The Labute approximate surface area is 261 Å². The summed E-state index contributed by atoms with van der Waals surface area (Å²) in [6, 6.07) is 15.9. The first-order valence-corrected chi connectivity index (χ1v) is 15.7. The second-order valence-corrected chi connectivity index (χ2v) is 11.6. The van der Waals surface area contributed by atoms with Crippen molar-refractivity contribution in [1.29, 1.82) is 0 Å². The number of aliphatic carboxylic acids is 1. The average molecular weight is 606 g/mol. The number of carbonyl (C=O) groups excluding carboxylic acids is 1. The van der Waals surface area contributed by atoms with Crippen molar-refractivity contribution in [3.05, 3.63) is 98.4 Å². The van der Waals surface area contributed by atoms with Crippen LogP contribution in [-0.4, -0.2) is 58.5 Å². The van der Waals surface area contributed by atoms with Gasteiger partial charge in [0, 0.05) is 43.2 Å². The first kappa shape index (κ1) is 34.5. The highest BCUT2D eigenvalue weighted by Gasteiger charge is 2.40. The van der Waals surface area contributed by atoms with E-state index in [4.69, 9.17) is 4.74 Å². The fraction of sp³-hybridized carbons (Fsp3) is 0.486. The third kappa shape index (κ3) is 9.51. The highest BCUT2D eigenvalue weighted by atomic mass is 16.6. The van der Waals surface area contributed by atoms with Gasteiger partial charge in [-0.25, -0.2) is 9.59 Å². The van der Waals surface area contributed by atoms with Crippen molar-refractivity contribution in [2.24, 2.45) is 0 Å². The van der Waals surface area contributed by atoms with E-state index in [1.54, 1.807) is 19.9 Å². The monoisotopic (exact) mass is 605 g/mol. The van der Waals surface area contributed by atoms with Gasteiger partial charge in [-0.3, -0.25) is 10.1 Å². The second kappa shape index (κ2) is 17.3. The highest BCUT2D eigenvalue weighted by molar-refractivity contribution is 5.99. The molecule has 0 amide bonds. The summed E-state index contributed by atoms with van der Waals surface area (Å²) in [5.41, 5.74) is 2.68. The number of rotatable bonds is 18. The van der Waals surface area contributed by atoms with Crippen molar-refractivity contribution in [3.8, 4) is 0 Å². The third-order valence-electron chi connectivity index (χ3n) is 8.26. The minimum Gasteiger partial charge on any atom is -0.478 e. The molecule has 44 heavy (non-hydrogen) atoms. The molecule has 238 valence electrons. The fourth-order valence-electron chi connectivity index (χ4n) is 5.86. The molecule has 0 bridgehead atoms. The quantitative estimate of drug-likeness (QED) is 0.0807. The number of hydrogen-bond acceptors (Lipinski definition) is 7. The number of carboxylic acids is 1. The van der Waals surface area contributed by atoms with Gasteiger partial charge in [0.2, 0.25) is 0 Å². The van der Waals surface area contributed by atoms with Crippen molar-refractivity contribution in [2.45, 2.75) is 84.6 Å². The van der Waals surface area contributed by atoms with Gasteiger partial charge >= 0.3 is 11.9 Å². The Kier molecular flexibility index (Phi) is 13.6. The Bertz CT molecular complexity index is 1340. The molecule has 0 aliphatic carbocycles. The van der Waals surface area contributed by atoms with Crippen LogP contribution in [0.5, 0.6) is 0 Å². The standard InChI is InChI=1S/C35H47N3O6/c1-5-6-7-8-9-10-11-15-23-44-35(41)32-27(3)37(22-21-36(4)25-28-17-13-12-14-18-28)26(2)31(34(39)40)33(32)29-19-16-20-30(24-29)38(42)43/h12-14,16-20,24,33H,5-11,15,21-23,25H2,1-4H3,(H,39,40). The number of unbranched alkanes of at least 4 members (excludes halogenated alkanes) is 7. The zero-order valence-electron chi connectivity index (χ0n) is 26.6. The zero-order chi connectivity index (χ0) is 32.1. The average Bonchev–Trinajstić information content (AvgIpc) is 3.00. The van der Waals surface area contributed by atoms with Gasteiger partial charge < -0.3 is 19.6 Å². The molecule has 1 unspecified atom stereocenters. The number of carboxylic acid groups (broad SMARTS) is 1. The van der Waals surface area contributed by atoms with Crippen LogP contribution in [-0.2, 0) is 20.9 Å². The molecule has 1 heterocycles. The maximum atomic E-state index is 13.8. The first-order chi connectivity index (χ1) is 21.1. The third-order valence-corrected chi connectivity index (χ3v) is 8.26. The van der Waals surface area contributed by atoms with E-state index in [-0.39, 0.29) is 23.4 Å². The molecule has 0 aromatic heterocycles. The lowest BCUT2D eigenvalue weighted by molar-refractivity contribution is -0.384. The number of nitrogens with zero attached hydrogens (tertiary/aromatic N) is 3. The van der Waals surface area contributed by atoms with Crippen LogP contribution in [0.4, 0.5) is 5.69 Å². The molecule has 0 saturated heterocycles. The van der Waals surface area contributed by atoms with Gasteiger partial charge in [0.05, 0.1) is 28.6 Å². The summed E-state index contributed by atoms with van der Waals surface area (Å²) in [6.45, 7) is 7.75. The van der Waals surface area contributed by atoms with Crippen molar-refractivity contribution in [1.82, 2.24) is 9.80 Å². The SMILES string of the molecule is CCCCCCCCCCOC(=O)C1=C(C)N(CCN(C)Cc2ccccc2)C(C)=C(C(=O)O)C1c1cccc([N+](=O)[O-])c1. The molecular formula is C35H47N3O6. The van der Waals surface area contributed by atoms with E-state index in [9.17, 15) is 24.8 Å². The van der Waals surface area contributed by atoms with Crippen LogP contribution < -0.4 is 0 Å². The summed E-state index contributed by atoms with van der Waals surface area (Å²) in [6.07, 6.45) is 8.83. The molecule has 2 aromatic rings. The predicted molar refractivity (Wildman–Crippen MR) is 172 cm³/mol. The Morgan fingerprint density at radius 2 is 1.57 bits per heavy atom. The van der Waals surface area contributed by atoms with E-state index >= 15 is 0 Å². The molecule has 9 nitrogen and oxygen atoms in total. The van der Waals surface area contributed by atoms with Crippen LogP contribution in [0.3, 0.4) is 0 Å². The van der Waals surface area contributed by atoms with Crippen LogP contribution in [0.25, 0.3) is 0 Å². The number of hydrogen-bond donors (Lipinski definition) is 1. The number of esters is 1. The first-order valence-electron chi connectivity index (χ1n) is 15.7. The predicted octanol–water partition coefficient (Wildman–Crippen LogP) is 7.44. The van der Waals surface area contributed by atoms with Gasteiger partial charge in [0.15, 0.2) is 0 Å². The van der Waals surface area contributed by atoms with Crippen molar-refractivity contribution in [3.63, 3.8) is 0 Å². The molecule has 0 fully saturated rings. The lowest BCUT2D eigenvalue weighted by Gasteiger charge is -2.38. The van der Waals surface area contributed by atoms with E-state index < -0.39 is 22.8 Å². The van der Waals surface area contributed by atoms with Gasteiger partial charge in [-0.15, -0.1) is 0 Å². The van der Waals surface area contributed by atoms with Crippen LogP contribution in [0.2, 0.25) is 0 Å². The minimum absolute atomic E-state index is 0.0147. The largest absolute Gasteiger partial charge is 0.478 e. The minimum atomic E-state index is -1.18. The van der Waals surface area contributed by atoms with Gasteiger partial charge in [-0.05, 0) is 38.4 Å². The van der Waals surface area contributed by atoms with Crippen LogP contribution >= 0.6 is 0 Å². The lowest BCUT2D eigenvalue weighted by Crippen LogP contribution is -2.38. The zero-order valence-corrected chi connectivity index (χ0v) is 26.6. The molecule has 3 rings (SSSR count). The number of allylic oxidation sites excluding steroid dienone is 2.